The lowest BCUT2D eigenvalue weighted by Crippen LogP contribution is -2.14. The fraction of sp³-hybridized carbons (Fsp3) is 1.00. The van der Waals surface area contributed by atoms with Gasteiger partial charge in [0, 0.05) is 6.61 Å². The average Bonchev–Trinajstić information content (AvgIpc) is 2.29. The lowest BCUT2D eigenvalue weighted by molar-refractivity contribution is 0.00563. The molecule has 0 spiro atoms. The van der Waals surface area contributed by atoms with Crippen LogP contribution < -0.4 is 0 Å². The summed E-state index contributed by atoms with van der Waals surface area (Å²) in [6.45, 7) is 12.7. The van der Waals surface area contributed by atoms with E-state index in [2.05, 4.69) is 27.7 Å². The van der Waals surface area contributed by atoms with E-state index in [0.29, 0.717) is 44.4 Å². The zero-order chi connectivity index (χ0) is 14.6. The Hall–Kier alpha value is -0.160. The number of rotatable bonds is 12. The van der Waals surface area contributed by atoms with Crippen molar-refractivity contribution in [1.29, 1.82) is 0 Å². The zero-order valence-corrected chi connectivity index (χ0v) is 13.1. The molecule has 0 aromatic heterocycles. The van der Waals surface area contributed by atoms with Crippen molar-refractivity contribution in [3.63, 3.8) is 0 Å². The molecule has 0 saturated heterocycles. The van der Waals surface area contributed by atoms with E-state index >= 15 is 0 Å². The molecule has 0 aliphatic heterocycles. The van der Waals surface area contributed by atoms with E-state index in [4.69, 9.17) is 19.3 Å². The Balaban J connectivity index is 3.18. The molecule has 1 atom stereocenters. The molecule has 0 saturated carbocycles. The van der Waals surface area contributed by atoms with Crippen LogP contribution in [-0.4, -0.2) is 51.4 Å². The van der Waals surface area contributed by atoms with Crippen molar-refractivity contribution >= 4 is 0 Å². The number of hydrogen-bond donors (Lipinski definition) is 1. The van der Waals surface area contributed by atoms with Gasteiger partial charge in [-0.1, -0.05) is 27.7 Å². The quantitative estimate of drug-likeness (QED) is 0.556. The minimum Gasteiger partial charge on any atom is -0.394 e. The molecule has 1 unspecified atom stereocenters. The average molecular weight is 276 g/mol. The fourth-order valence-electron chi connectivity index (χ4n) is 2.04. The third kappa shape index (κ3) is 15.8. The van der Waals surface area contributed by atoms with Gasteiger partial charge in [-0.3, -0.25) is 0 Å². The summed E-state index contributed by atoms with van der Waals surface area (Å²) in [4.78, 5) is 0. The van der Waals surface area contributed by atoms with Crippen LogP contribution in [0.15, 0.2) is 0 Å². The summed E-state index contributed by atoms with van der Waals surface area (Å²) in [6, 6.07) is 0. The van der Waals surface area contributed by atoms with E-state index in [1.165, 1.54) is 6.42 Å². The lowest BCUT2D eigenvalue weighted by Gasteiger charge is -2.23. The molecule has 0 aromatic rings. The molecule has 0 aliphatic carbocycles. The molecule has 116 valence electrons. The van der Waals surface area contributed by atoms with Gasteiger partial charge in [-0.25, -0.2) is 0 Å². The van der Waals surface area contributed by atoms with Gasteiger partial charge in [0.25, 0.3) is 0 Å². The summed E-state index contributed by atoms with van der Waals surface area (Å²) >= 11 is 0. The molecule has 0 aliphatic rings. The molecule has 0 radical (unpaired) electrons. The SMILES string of the molecule is CC(CCOCCOCCOCCO)CC(C)(C)C. The van der Waals surface area contributed by atoms with Gasteiger partial charge in [0.2, 0.25) is 0 Å². The predicted molar refractivity (Wildman–Crippen MR) is 77.4 cm³/mol. The van der Waals surface area contributed by atoms with Gasteiger partial charge in [0.05, 0.1) is 39.6 Å². The molecule has 0 amide bonds. The van der Waals surface area contributed by atoms with Crippen LogP contribution in [0.3, 0.4) is 0 Å². The molecule has 4 heteroatoms. The molecule has 0 bridgehead atoms. The minimum absolute atomic E-state index is 0.0653. The van der Waals surface area contributed by atoms with Crippen molar-refractivity contribution in [2.24, 2.45) is 11.3 Å². The highest BCUT2D eigenvalue weighted by atomic mass is 16.5. The van der Waals surface area contributed by atoms with E-state index in [1.807, 2.05) is 0 Å². The molecular weight excluding hydrogens is 244 g/mol. The summed E-state index contributed by atoms with van der Waals surface area (Å²) in [5.74, 6) is 0.702. The second kappa shape index (κ2) is 11.6. The molecule has 1 N–H and O–H groups in total. The van der Waals surface area contributed by atoms with Gasteiger partial charge in [0.15, 0.2) is 0 Å². The zero-order valence-electron chi connectivity index (χ0n) is 13.1. The van der Waals surface area contributed by atoms with Crippen molar-refractivity contribution in [2.75, 3.05) is 46.2 Å². The van der Waals surface area contributed by atoms with Crippen LogP contribution in [0.4, 0.5) is 0 Å². The standard InChI is InChI=1S/C15H32O4/c1-14(13-15(2,3)4)5-7-17-9-11-19-12-10-18-8-6-16/h14,16H,5-13H2,1-4H3. The first-order chi connectivity index (χ1) is 8.95. The van der Waals surface area contributed by atoms with Gasteiger partial charge in [-0.15, -0.1) is 0 Å². The van der Waals surface area contributed by atoms with Gasteiger partial charge >= 0.3 is 0 Å². The smallest absolute Gasteiger partial charge is 0.0701 e. The topological polar surface area (TPSA) is 47.9 Å². The minimum atomic E-state index is 0.0653. The van der Waals surface area contributed by atoms with Gasteiger partial charge < -0.3 is 19.3 Å². The lowest BCUT2D eigenvalue weighted by atomic mass is 9.84. The van der Waals surface area contributed by atoms with Gasteiger partial charge in [-0.2, -0.15) is 0 Å². The molecule has 0 heterocycles. The van der Waals surface area contributed by atoms with Crippen LogP contribution in [-0.2, 0) is 14.2 Å². The van der Waals surface area contributed by atoms with E-state index in [9.17, 15) is 0 Å². The summed E-state index contributed by atoms with van der Waals surface area (Å²) in [5.41, 5.74) is 0.400. The first kappa shape index (κ1) is 18.8. The Morgan fingerprint density at radius 3 is 1.79 bits per heavy atom. The van der Waals surface area contributed by atoms with Crippen LogP contribution in [0.5, 0.6) is 0 Å². The van der Waals surface area contributed by atoms with Crippen LogP contribution in [0.2, 0.25) is 0 Å². The third-order valence-electron chi connectivity index (χ3n) is 2.70. The largest absolute Gasteiger partial charge is 0.394 e. The normalized spacial score (nSPS) is 13.7. The Kier molecular flexibility index (Phi) is 11.6. The van der Waals surface area contributed by atoms with E-state index in [-0.39, 0.29) is 6.61 Å². The molecule has 0 fully saturated rings. The summed E-state index contributed by atoms with van der Waals surface area (Å²) in [5, 5.41) is 8.50. The van der Waals surface area contributed by atoms with Crippen molar-refractivity contribution in [3.05, 3.63) is 0 Å². The Morgan fingerprint density at radius 2 is 1.32 bits per heavy atom. The molecular formula is C15H32O4. The summed E-state index contributed by atoms with van der Waals surface area (Å²) in [7, 11) is 0. The third-order valence-corrected chi connectivity index (χ3v) is 2.70. The summed E-state index contributed by atoms with van der Waals surface area (Å²) in [6.07, 6.45) is 2.34. The molecule has 4 nitrogen and oxygen atoms in total. The van der Waals surface area contributed by atoms with Crippen molar-refractivity contribution in [2.45, 2.75) is 40.5 Å². The highest BCUT2D eigenvalue weighted by Gasteiger charge is 2.14. The van der Waals surface area contributed by atoms with Crippen molar-refractivity contribution in [1.82, 2.24) is 0 Å². The maximum absolute atomic E-state index is 8.50. The maximum atomic E-state index is 8.50. The fourth-order valence-corrected chi connectivity index (χ4v) is 2.04. The Labute approximate surface area is 118 Å². The number of ether oxygens (including phenoxy) is 3. The van der Waals surface area contributed by atoms with Crippen LogP contribution in [0.1, 0.15) is 40.5 Å². The molecule has 0 rings (SSSR count). The summed E-state index contributed by atoms with van der Waals surface area (Å²) < 4.78 is 15.9. The Morgan fingerprint density at radius 1 is 0.842 bits per heavy atom. The van der Waals surface area contributed by atoms with Crippen molar-refractivity contribution in [3.8, 4) is 0 Å². The van der Waals surface area contributed by atoms with E-state index in [1.54, 1.807) is 0 Å². The first-order valence-corrected chi connectivity index (χ1v) is 7.30. The highest BCUT2D eigenvalue weighted by molar-refractivity contribution is 4.66. The monoisotopic (exact) mass is 276 g/mol. The van der Waals surface area contributed by atoms with Crippen LogP contribution in [0, 0.1) is 11.3 Å². The number of aliphatic hydroxyl groups is 1. The predicted octanol–water partition coefficient (Wildman–Crippen LogP) is 2.49. The van der Waals surface area contributed by atoms with Gasteiger partial charge in [-0.05, 0) is 24.2 Å². The Bertz CT molecular complexity index is 189. The number of aliphatic hydroxyl groups excluding tert-OH is 1. The highest BCUT2D eigenvalue weighted by Crippen LogP contribution is 2.25. The second-order valence-corrected chi connectivity index (χ2v) is 6.22. The second-order valence-electron chi connectivity index (χ2n) is 6.22. The first-order valence-electron chi connectivity index (χ1n) is 7.30. The van der Waals surface area contributed by atoms with Gasteiger partial charge in [0.1, 0.15) is 0 Å². The van der Waals surface area contributed by atoms with E-state index < -0.39 is 0 Å². The van der Waals surface area contributed by atoms with Crippen molar-refractivity contribution < 1.29 is 19.3 Å². The molecule has 19 heavy (non-hydrogen) atoms. The number of hydrogen-bond acceptors (Lipinski definition) is 4. The molecule has 0 aromatic carbocycles. The van der Waals surface area contributed by atoms with Crippen LogP contribution >= 0.6 is 0 Å². The van der Waals surface area contributed by atoms with Crippen LogP contribution in [0.25, 0.3) is 0 Å². The maximum Gasteiger partial charge on any atom is 0.0701 e. The van der Waals surface area contributed by atoms with E-state index in [0.717, 1.165) is 13.0 Å².